The van der Waals surface area contributed by atoms with Crippen LogP contribution in [0.2, 0.25) is 0 Å². The SMILES string of the molecule is CC(C)(C)OC(=O)Nc1cc(N2C(=O)c3ccccc3C2=O)ccc1F. The molecule has 2 aromatic rings. The van der Waals surface area contributed by atoms with Gasteiger partial charge in [0.15, 0.2) is 0 Å². The first-order valence-electron chi connectivity index (χ1n) is 7.95. The number of carbonyl (C=O) groups is 3. The van der Waals surface area contributed by atoms with Gasteiger partial charge < -0.3 is 4.74 Å². The number of benzene rings is 2. The number of rotatable bonds is 2. The van der Waals surface area contributed by atoms with Gasteiger partial charge in [-0.3, -0.25) is 14.9 Å². The Morgan fingerprint density at radius 1 is 1.04 bits per heavy atom. The molecule has 1 aliphatic heterocycles. The Labute approximate surface area is 149 Å². The zero-order chi connectivity index (χ0) is 19.1. The van der Waals surface area contributed by atoms with E-state index in [1.54, 1.807) is 45.0 Å². The number of hydrogen-bond acceptors (Lipinski definition) is 4. The van der Waals surface area contributed by atoms with E-state index in [0.717, 1.165) is 11.0 Å². The topological polar surface area (TPSA) is 75.7 Å². The number of ether oxygens (including phenoxy) is 1. The standard InChI is InChI=1S/C19H17FN2O4/c1-19(2,3)26-18(25)21-15-10-11(8-9-14(15)20)22-16(23)12-6-4-5-7-13(12)17(22)24/h4-10H,1-3H3,(H,21,25). The third-order valence-electron chi connectivity index (χ3n) is 3.64. The van der Waals surface area contributed by atoms with Crippen molar-refractivity contribution in [2.24, 2.45) is 0 Å². The lowest BCUT2D eigenvalue weighted by atomic mass is 10.1. The minimum atomic E-state index is -0.837. The summed E-state index contributed by atoms with van der Waals surface area (Å²) in [6, 6.07) is 10.0. The highest BCUT2D eigenvalue weighted by atomic mass is 19.1. The number of nitrogens with one attached hydrogen (secondary N) is 1. The van der Waals surface area contributed by atoms with Gasteiger partial charge in [-0.2, -0.15) is 0 Å². The van der Waals surface area contributed by atoms with Crippen LogP contribution in [0.3, 0.4) is 0 Å². The van der Waals surface area contributed by atoms with Crippen LogP contribution in [0.1, 0.15) is 41.5 Å². The highest BCUT2D eigenvalue weighted by Crippen LogP contribution is 2.31. The summed E-state index contributed by atoms with van der Waals surface area (Å²) >= 11 is 0. The molecule has 134 valence electrons. The highest BCUT2D eigenvalue weighted by Gasteiger charge is 2.36. The predicted molar refractivity (Wildman–Crippen MR) is 93.8 cm³/mol. The third-order valence-corrected chi connectivity index (χ3v) is 3.64. The lowest BCUT2D eigenvalue weighted by Crippen LogP contribution is -2.30. The maximum Gasteiger partial charge on any atom is 0.412 e. The van der Waals surface area contributed by atoms with Crippen molar-refractivity contribution in [2.45, 2.75) is 26.4 Å². The second-order valence-electron chi connectivity index (χ2n) is 6.78. The summed E-state index contributed by atoms with van der Waals surface area (Å²) in [7, 11) is 0. The molecule has 1 aliphatic rings. The lowest BCUT2D eigenvalue weighted by Gasteiger charge is -2.20. The number of fused-ring (bicyclic) bond motifs is 1. The van der Waals surface area contributed by atoms with E-state index in [1.165, 1.54) is 12.1 Å². The number of nitrogens with zero attached hydrogens (tertiary/aromatic N) is 1. The lowest BCUT2D eigenvalue weighted by molar-refractivity contribution is 0.0634. The normalized spacial score (nSPS) is 13.6. The zero-order valence-corrected chi connectivity index (χ0v) is 14.5. The van der Waals surface area contributed by atoms with Gasteiger partial charge in [0.2, 0.25) is 0 Å². The first-order chi connectivity index (χ1) is 12.2. The Hall–Kier alpha value is -3.22. The van der Waals surface area contributed by atoms with Gasteiger partial charge in [0.1, 0.15) is 11.4 Å². The molecule has 6 nitrogen and oxygen atoms in total. The monoisotopic (exact) mass is 356 g/mol. The number of imide groups is 1. The third kappa shape index (κ3) is 3.28. The molecule has 3 amide bonds. The van der Waals surface area contributed by atoms with Crippen molar-refractivity contribution >= 4 is 29.3 Å². The molecule has 3 rings (SSSR count). The molecule has 1 heterocycles. The van der Waals surface area contributed by atoms with Gasteiger partial charge in [-0.15, -0.1) is 0 Å². The molecule has 7 heteroatoms. The summed E-state index contributed by atoms with van der Waals surface area (Å²) in [5.74, 6) is -1.71. The van der Waals surface area contributed by atoms with Crippen molar-refractivity contribution in [3.63, 3.8) is 0 Å². The van der Waals surface area contributed by atoms with Crippen molar-refractivity contribution < 1.29 is 23.5 Å². The quantitative estimate of drug-likeness (QED) is 0.826. The molecule has 0 spiro atoms. The van der Waals surface area contributed by atoms with Gasteiger partial charge in [-0.1, -0.05) is 12.1 Å². The van der Waals surface area contributed by atoms with Crippen LogP contribution in [0, 0.1) is 5.82 Å². The molecule has 2 aromatic carbocycles. The highest BCUT2D eigenvalue weighted by molar-refractivity contribution is 6.34. The summed E-state index contributed by atoms with van der Waals surface area (Å²) in [6.45, 7) is 5.04. The van der Waals surface area contributed by atoms with Gasteiger partial charge in [-0.25, -0.2) is 14.1 Å². The van der Waals surface area contributed by atoms with Crippen molar-refractivity contribution in [1.82, 2.24) is 0 Å². The molecular formula is C19H17FN2O4. The molecule has 0 bridgehead atoms. The summed E-state index contributed by atoms with van der Waals surface area (Å²) in [6.07, 6.45) is -0.837. The van der Waals surface area contributed by atoms with Crippen molar-refractivity contribution in [3.05, 3.63) is 59.4 Å². The molecule has 0 atom stereocenters. The van der Waals surface area contributed by atoms with Crippen molar-refractivity contribution in [2.75, 3.05) is 10.2 Å². The van der Waals surface area contributed by atoms with Crippen LogP contribution < -0.4 is 10.2 Å². The Bertz CT molecular complexity index is 883. The fraction of sp³-hybridized carbons (Fsp3) is 0.211. The Morgan fingerprint density at radius 3 is 2.15 bits per heavy atom. The minimum absolute atomic E-state index is 0.156. The average Bonchev–Trinajstić information content (AvgIpc) is 2.80. The summed E-state index contributed by atoms with van der Waals surface area (Å²) in [5, 5.41) is 2.30. The van der Waals surface area contributed by atoms with Crippen LogP contribution >= 0.6 is 0 Å². The van der Waals surface area contributed by atoms with Gasteiger partial charge in [-0.05, 0) is 51.1 Å². The summed E-state index contributed by atoms with van der Waals surface area (Å²) in [4.78, 5) is 37.8. The van der Waals surface area contributed by atoms with Crippen LogP contribution in [0.15, 0.2) is 42.5 Å². The van der Waals surface area contributed by atoms with E-state index in [0.29, 0.717) is 0 Å². The molecule has 0 saturated carbocycles. The first kappa shape index (κ1) is 17.6. The molecule has 0 aliphatic carbocycles. The second kappa shape index (κ2) is 6.25. The summed E-state index contributed by atoms with van der Waals surface area (Å²) in [5.41, 5.74) is -0.218. The molecule has 0 radical (unpaired) electrons. The second-order valence-corrected chi connectivity index (χ2v) is 6.78. The largest absolute Gasteiger partial charge is 0.444 e. The minimum Gasteiger partial charge on any atom is -0.444 e. The summed E-state index contributed by atoms with van der Waals surface area (Å²) < 4.78 is 19.1. The van der Waals surface area contributed by atoms with Gasteiger partial charge >= 0.3 is 6.09 Å². The number of anilines is 2. The van der Waals surface area contributed by atoms with E-state index in [4.69, 9.17) is 4.74 Å². The average molecular weight is 356 g/mol. The molecule has 26 heavy (non-hydrogen) atoms. The molecule has 0 unspecified atom stereocenters. The Kier molecular flexibility index (Phi) is 4.23. The zero-order valence-electron chi connectivity index (χ0n) is 14.5. The van der Waals surface area contributed by atoms with Crippen LogP contribution in [0.25, 0.3) is 0 Å². The molecule has 0 fully saturated rings. The smallest absolute Gasteiger partial charge is 0.412 e. The van der Waals surface area contributed by atoms with Crippen LogP contribution in [-0.2, 0) is 4.74 Å². The number of halogens is 1. The van der Waals surface area contributed by atoms with E-state index in [2.05, 4.69) is 5.32 Å². The van der Waals surface area contributed by atoms with E-state index < -0.39 is 29.3 Å². The number of hydrogen-bond donors (Lipinski definition) is 1. The Balaban J connectivity index is 1.90. The fourth-order valence-corrected chi connectivity index (χ4v) is 2.59. The number of amides is 3. The van der Waals surface area contributed by atoms with E-state index >= 15 is 0 Å². The van der Waals surface area contributed by atoms with Crippen molar-refractivity contribution in [1.29, 1.82) is 0 Å². The molecular weight excluding hydrogens is 339 g/mol. The predicted octanol–water partition coefficient (Wildman–Crippen LogP) is 3.97. The van der Waals surface area contributed by atoms with Gasteiger partial charge in [0.25, 0.3) is 11.8 Å². The van der Waals surface area contributed by atoms with Crippen LogP contribution in [0.4, 0.5) is 20.6 Å². The van der Waals surface area contributed by atoms with Crippen molar-refractivity contribution in [3.8, 4) is 0 Å². The van der Waals surface area contributed by atoms with E-state index in [1.807, 2.05) is 0 Å². The van der Waals surface area contributed by atoms with Crippen LogP contribution in [0.5, 0.6) is 0 Å². The fourth-order valence-electron chi connectivity index (χ4n) is 2.59. The number of carbonyl (C=O) groups excluding carboxylic acids is 3. The first-order valence-corrected chi connectivity index (χ1v) is 7.95. The maximum atomic E-state index is 14.0. The molecule has 0 saturated heterocycles. The maximum absolute atomic E-state index is 14.0. The Morgan fingerprint density at radius 2 is 1.62 bits per heavy atom. The molecule has 1 N–H and O–H groups in total. The van der Waals surface area contributed by atoms with E-state index in [-0.39, 0.29) is 22.5 Å². The van der Waals surface area contributed by atoms with E-state index in [9.17, 15) is 18.8 Å². The van der Waals surface area contributed by atoms with Crippen LogP contribution in [-0.4, -0.2) is 23.5 Å². The molecule has 0 aromatic heterocycles. The van der Waals surface area contributed by atoms with Gasteiger partial charge in [0, 0.05) is 0 Å². The van der Waals surface area contributed by atoms with Gasteiger partial charge in [0.05, 0.1) is 22.5 Å².